The highest BCUT2D eigenvalue weighted by Crippen LogP contribution is 2.18. The lowest BCUT2D eigenvalue weighted by molar-refractivity contribution is -0.168. The van der Waals surface area contributed by atoms with Gasteiger partial charge in [-0.2, -0.15) is 13.2 Å². The number of nitrogens with zero attached hydrogens (tertiary/aromatic N) is 4. The molecule has 1 aromatic rings. The van der Waals surface area contributed by atoms with E-state index in [9.17, 15) is 13.2 Å². The molecule has 0 saturated heterocycles. The molecule has 10 heteroatoms. The van der Waals surface area contributed by atoms with Crippen molar-refractivity contribution in [3.63, 3.8) is 0 Å². The van der Waals surface area contributed by atoms with Gasteiger partial charge in [0.1, 0.15) is 12.5 Å². The summed E-state index contributed by atoms with van der Waals surface area (Å²) < 4.78 is 40.8. The number of aromatic nitrogens is 4. The van der Waals surface area contributed by atoms with Crippen molar-refractivity contribution in [2.75, 3.05) is 19.2 Å². The van der Waals surface area contributed by atoms with Crippen LogP contribution in [0.1, 0.15) is 0 Å². The molecule has 0 spiro atoms. The summed E-state index contributed by atoms with van der Waals surface area (Å²) in [5, 5.41) is 19.4. The fourth-order valence-electron chi connectivity index (χ4n) is 0.787. The number of alkyl halides is 3. The van der Waals surface area contributed by atoms with Crippen molar-refractivity contribution in [3.8, 4) is 0 Å². The van der Waals surface area contributed by atoms with Gasteiger partial charge in [0.15, 0.2) is 0 Å². The summed E-state index contributed by atoms with van der Waals surface area (Å²) in [5.41, 5.74) is 0. The van der Waals surface area contributed by atoms with E-state index in [-0.39, 0.29) is 19.1 Å². The van der Waals surface area contributed by atoms with Gasteiger partial charge in [0.05, 0.1) is 13.2 Å². The van der Waals surface area contributed by atoms with Gasteiger partial charge in [-0.25, -0.2) is 4.68 Å². The summed E-state index contributed by atoms with van der Waals surface area (Å²) in [6.45, 7) is -1.27. The van der Waals surface area contributed by atoms with Crippen LogP contribution in [0.4, 0.5) is 13.2 Å². The topological polar surface area (TPSA) is 73.1 Å². The fraction of sp³-hybridized carbons (Fsp3) is 0.833. The summed E-state index contributed by atoms with van der Waals surface area (Å²) in [4.78, 5) is 0. The standard InChI is InChI=1S/C6H9F3N4O2S/c7-6(8,9)3-15-4-16-5-10-11-12-13(5)1-2-14/h14H,1-4H2. The first-order valence-corrected chi connectivity index (χ1v) is 5.16. The lowest BCUT2D eigenvalue weighted by atomic mass is 10.7. The highest BCUT2D eigenvalue weighted by atomic mass is 32.2. The largest absolute Gasteiger partial charge is 0.411 e. The molecule has 1 N–H and O–H groups in total. The molecule has 0 bridgehead atoms. The number of rotatable bonds is 6. The number of hydrogen-bond donors (Lipinski definition) is 1. The molecule has 6 nitrogen and oxygen atoms in total. The minimum Gasteiger partial charge on any atom is -0.394 e. The third-order valence-electron chi connectivity index (χ3n) is 1.35. The molecule has 0 fully saturated rings. The maximum absolute atomic E-state index is 11.7. The molecule has 0 saturated carbocycles. The molecular formula is C6H9F3N4O2S. The van der Waals surface area contributed by atoms with Crippen molar-refractivity contribution in [1.29, 1.82) is 0 Å². The van der Waals surface area contributed by atoms with Crippen LogP contribution in [0.15, 0.2) is 5.16 Å². The Labute approximate surface area is 92.8 Å². The van der Waals surface area contributed by atoms with E-state index in [1.807, 2.05) is 0 Å². The Balaban J connectivity index is 2.29. The van der Waals surface area contributed by atoms with E-state index in [0.29, 0.717) is 5.16 Å². The summed E-state index contributed by atoms with van der Waals surface area (Å²) in [5.74, 6) is -0.203. The lowest BCUT2D eigenvalue weighted by Crippen LogP contribution is -2.16. The van der Waals surface area contributed by atoms with Crippen molar-refractivity contribution >= 4 is 11.8 Å². The Kier molecular flexibility index (Phi) is 4.96. The maximum Gasteiger partial charge on any atom is 0.411 e. The van der Waals surface area contributed by atoms with Crippen LogP contribution in [-0.4, -0.2) is 50.6 Å². The molecule has 0 unspecified atom stereocenters. The highest BCUT2D eigenvalue weighted by Gasteiger charge is 2.27. The van der Waals surface area contributed by atoms with Crippen molar-refractivity contribution < 1.29 is 23.0 Å². The Bertz CT molecular complexity index is 319. The van der Waals surface area contributed by atoms with E-state index in [2.05, 4.69) is 20.3 Å². The van der Waals surface area contributed by atoms with Gasteiger partial charge in [0, 0.05) is 0 Å². The van der Waals surface area contributed by atoms with E-state index < -0.39 is 12.8 Å². The molecule has 0 amide bonds. The monoisotopic (exact) mass is 258 g/mol. The van der Waals surface area contributed by atoms with Gasteiger partial charge in [-0.3, -0.25) is 0 Å². The van der Waals surface area contributed by atoms with Crippen molar-refractivity contribution in [2.45, 2.75) is 17.9 Å². The maximum atomic E-state index is 11.7. The first-order chi connectivity index (χ1) is 7.53. The average Bonchev–Trinajstić information content (AvgIpc) is 2.60. The number of ether oxygens (including phenoxy) is 1. The van der Waals surface area contributed by atoms with Crippen LogP contribution in [0.25, 0.3) is 0 Å². The fourth-order valence-corrected chi connectivity index (χ4v) is 1.43. The zero-order valence-electron chi connectivity index (χ0n) is 8.01. The van der Waals surface area contributed by atoms with E-state index in [1.54, 1.807) is 0 Å². The van der Waals surface area contributed by atoms with Crippen LogP contribution in [0.2, 0.25) is 0 Å². The lowest BCUT2D eigenvalue weighted by Gasteiger charge is -2.06. The van der Waals surface area contributed by atoms with Crippen molar-refractivity contribution in [1.82, 2.24) is 20.2 Å². The molecule has 16 heavy (non-hydrogen) atoms. The smallest absolute Gasteiger partial charge is 0.394 e. The number of hydrogen-bond acceptors (Lipinski definition) is 6. The highest BCUT2D eigenvalue weighted by molar-refractivity contribution is 7.99. The third-order valence-corrected chi connectivity index (χ3v) is 2.18. The van der Waals surface area contributed by atoms with E-state index in [4.69, 9.17) is 5.11 Å². The predicted octanol–water partition coefficient (Wildman–Crippen LogP) is 0.294. The predicted molar refractivity (Wildman–Crippen MR) is 47.6 cm³/mol. The third kappa shape index (κ3) is 4.77. The zero-order valence-corrected chi connectivity index (χ0v) is 8.83. The Morgan fingerprint density at radius 3 is 2.81 bits per heavy atom. The molecule has 0 aliphatic heterocycles. The van der Waals surface area contributed by atoms with E-state index >= 15 is 0 Å². The van der Waals surface area contributed by atoms with Gasteiger partial charge in [-0.05, 0) is 10.4 Å². The molecule has 0 aliphatic rings. The van der Waals surface area contributed by atoms with Crippen LogP contribution in [0, 0.1) is 0 Å². The molecule has 0 atom stereocenters. The Hall–Kier alpha value is -0.870. The first-order valence-electron chi connectivity index (χ1n) is 4.17. The molecular weight excluding hydrogens is 249 g/mol. The molecule has 1 rings (SSSR count). The number of tetrazole rings is 1. The minimum atomic E-state index is -4.34. The summed E-state index contributed by atoms with van der Waals surface area (Å²) >= 11 is 0.928. The molecule has 1 aromatic heterocycles. The Morgan fingerprint density at radius 2 is 2.19 bits per heavy atom. The second kappa shape index (κ2) is 6.01. The second-order valence-electron chi connectivity index (χ2n) is 2.63. The summed E-state index contributed by atoms with van der Waals surface area (Å²) in [7, 11) is 0. The van der Waals surface area contributed by atoms with E-state index in [0.717, 1.165) is 11.8 Å². The van der Waals surface area contributed by atoms with Crippen molar-refractivity contribution in [2.24, 2.45) is 0 Å². The van der Waals surface area contributed by atoms with Crippen LogP contribution < -0.4 is 0 Å². The van der Waals surface area contributed by atoms with E-state index in [1.165, 1.54) is 4.68 Å². The number of aliphatic hydroxyl groups excluding tert-OH is 1. The van der Waals surface area contributed by atoms with Gasteiger partial charge in [-0.15, -0.1) is 5.10 Å². The average molecular weight is 258 g/mol. The molecule has 0 aromatic carbocycles. The summed E-state index contributed by atoms with van der Waals surface area (Å²) in [6, 6.07) is 0. The van der Waals surface area contributed by atoms with Gasteiger partial charge >= 0.3 is 6.18 Å². The summed E-state index contributed by atoms with van der Waals surface area (Å²) in [6.07, 6.45) is -4.34. The quantitative estimate of drug-likeness (QED) is 0.449. The minimum absolute atomic E-state index is 0.151. The van der Waals surface area contributed by atoms with Crippen LogP contribution in [0.3, 0.4) is 0 Å². The second-order valence-corrected chi connectivity index (χ2v) is 3.52. The van der Waals surface area contributed by atoms with Crippen molar-refractivity contribution in [3.05, 3.63) is 0 Å². The SMILES string of the molecule is OCCn1nnnc1SCOCC(F)(F)F. The number of thioether (sulfide) groups is 1. The number of halogens is 3. The van der Waals surface area contributed by atoms with Gasteiger partial charge in [0.25, 0.3) is 0 Å². The molecule has 92 valence electrons. The van der Waals surface area contributed by atoms with Crippen LogP contribution in [0.5, 0.6) is 0 Å². The molecule has 0 aliphatic carbocycles. The zero-order chi connectivity index (χ0) is 12.0. The van der Waals surface area contributed by atoms with Crippen LogP contribution in [-0.2, 0) is 11.3 Å². The van der Waals surface area contributed by atoms with Gasteiger partial charge in [-0.1, -0.05) is 11.8 Å². The number of aliphatic hydroxyl groups is 1. The Morgan fingerprint density at radius 1 is 1.44 bits per heavy atom. The first kappa shape index (κ1) is 13.2. The normalized spacial score (nSPS) is 12.0. The molecule has 1 heterocycles. The molecule has 0 radical (unpaired) electrons. The van der Waals surface area contributed by atoms with Gasteiger partial charge in [0.2, 0.25) is 5.16 Å². The van der Waals surface area contributed by atoms with Crippen LogP contribution >= 0.6 is 11.8 Å². The van der Waals surface area contributed by atoms with Gasteiger partial charge < -0.3 is 9.84 Å².